The molecule has 0 unspecified atom stereocenters. The Morgan fingerprint density at radius 2 is 0.605 bits per heavy atom. The van der Waals surface area contributed by atoms with Gasteiger partial charge in [-0.2, -0.15) is 0 Å². The minimum atomic E-state index is -5.02. The van der Waals surface area contributed by atoms with Crippen LogP contribution in [0.25, 0.3) is 0 Å². The molecule has 0 aromatic heterocycles. The van der Waals surface area contributed by atoms with Crippen molar-refractivity contribution >= 4 is 26.2 Å². The molecule has 0 bridgehead atoms. The normalized spacial score (nSPS) is 11.6. The van der Waals surface area contributed by atoms with Gasteiger partial charge in [0.25, 0.3) is 0 Å². The Labute approximate surface area is 275 Å². The van der Waals surface area contributed by atoms with Gasteiger partial charge in [-0.25, -0.2) is 0 Å². The van der Waals surface area contributed by atoms with E-state index in [0.717, 1.165) is 38.5 Å². The number of hydrogen-bond donors (Lipinski definition) is 2. The zero-order chi connectivity index (χ0) is 27.1. The minimum absolute atomic E-state index is 0. The van der Waals surface area contributed by atoms with Gasteiger partial charge in [0.15, 0.2) is 5.52 Å². The Morgan fingerprint density at radius 3 is 0.789 bits per heavy atom. The van der Waals surface area contributed by atoms with Crippen molar-refractivity contribution in [2.75, 3.05) is 0 Å². The molecule has 214 valence electrons. The van der Waals surface area contributed by atoms with Gasteiger partial charge in [-0.15, -0.1) is 0 Å². The van der Waals surface area contributed by atoms with Gasteiger partial charge in [-0.05, 0) is 12.8 Å². The van der Waals surface area contributed by atoms with E-state index in [1.165, 1.54) is 89.9 Å². The molecule has 0 radical (unpaired) electrons. The zero-order valence-corrected chi connectivity index (χ0v) is 30.0. The summed E-state index contributed by atoms with van der Waals surface area (Å²) in [6.45, 7) is 0. The largest absolute Gasteiger partial charge is 1.00 e. The molecule has 8 nitrogen and oxygen atoms in total. The van der Waals surface area contributed by atoms with E-state index in [0.29, 0.717) is 12.8 Å². The molecule has 38 heavy (non-hydrogen) atoms. The summed E-state index contributed by atoms with van der Waals surface area (Å²) in [7, 11) is -9.54. The van der Waals surface area contributed by atoms with Gasteiger partial charge in [0.2, 0.25) is 5.52 Å². The Morgan fingerprint density at radius 1 is 0.421 bits per heavy atom. The molecule has 0 aromatic carbocycles. The van der Waals surface area contributed by atoms with Crippen LogP contribution < -0.4 is 68.9 Å². The number of rotatable bonds is 27. The smallest absolute Gasteiger partial charge is 0.805 e. The van der Waals surface area contributed by atoms with Crippen LogP contribution >= 0.6 is 15.2 Å². The maximum Gasteiger partial charge on any atom is 1.00 e. The van der Waals surface area contributed by atoms with Gasteiger partial charge in [-0.1, -0.05) is 128 Å². The second kappa shape index (κ2) is 28.7. The Balaban J connectivity index is -0.00000612. The Hall–Kier alpha value is 1.64. The summed E-state index contributed by atoms with van der Waals surface area (Å²) >= 11 is 0. The predicted octanol–water partition coefficient (Wildman–Crippen LogP) is 0.501. The maximum absolute atomic E-state index is 11.1. The summed E-state index contributed by atoms with van der Waals surface area (Å²) in [6, 6.07) is 0. The molecule has 0 aliphatic rings. The van der Waals surface area contributed by atoms with Crippen LogP contribution in [0.5, 0.6) is 0 Å². The van der Waals surface area contributed by atoms with Crippen molar-refractivity contribution in [2.24, 2.45) is 0 Å². The molecule has 0 rings (SSSR count). The van der Waals surface area contributed by atoms with E-state index < -0.39 is 26.2 Å². The molecule has 0 heterocycles. The molecule has 0 aromatic rings. The summed E-state index contributed by atoms with van der Waals surface area (Å²) < 4.78 is 21.3. The Bertz CT molecular complexity index is 612. The van der Waals surface area contributed by atoms with E-state index >= 15 is 0 Å². The molecule has 2 N–H and O–H groups in total. The van der Waals surface area contributed by atoms with E-state index in [9.17, 15) is 28.5 Å². The van der Waals surface area contributed by atoms with Crippen molar-refractivity contribution in [1.82, 2.24) is 0 Å². The van der Waals surface area contributed by atoms with Crippen LogP contribution in [0.4, 0.5) is 0 Å². The quantitative estimate of drug-likeness (QED) is 0.0787. The van der Waals surface area contributed by atoms with E-state index in [2.05, 4.69) is 0 Å². The molecule has 0 amide bonds. The average molecular weight is 599 g/mol. The third-order valence-corrected chi connectivity index (χ3v) is 8.37. The number of carbonyl (C=O) groups excluding carboxylic acids is 2. The topological polar surface area (TPSA) is 155 Å². The van der Waals surface area contributed by atoms with Crippen LogP contribution in [-0.4, -0.2) is 20.8 Å². The van der Waals surface area contributed by atoms with Crippen LogP contribution in [0, 0.1) is 0 Å². The Kier molecular flexibility index (Phi) is 33.3. The summed E-state index contributed by atoms with van der Waals surface area (Å²) in [5.41, 5.74) is -2.08. The van der Waals surface area contributed by atoms with E-state index in [4.69, 9.17) is 9.79 Å². The van der Waals surface area contributed by atoms with Crippen LogP contribution in [0.2, 0.25) is 0 Å². The van der Waals surface area contributed by atoms with E-state index in [1.807, 2.05) is 0 Å². The zero-order valence-electron chi connectivity index (χ0n) is 24.2. The summed E-state index contributed by atoms with van der Waals surface area (Å²) in [4.78, 5) is 60.6. The first-order chi connectivity index (χ1) is 17.0. The fourth-order valence-electron chi connectivity index (χ4n) is 4.37. The predicted molar refractivity (Wildman–Crippen MR) is 140 cm³/mol. The van der Waals surface area contributed by atoms with E-state index in [-0.39, 0.29) is 72.0 Å². The third kappa shape index (κ3) is 30.6. The van der Waals surface area contributed by atoms with E-state index in [1.54, 1.807) is 0 Å². The summed E-state index contributed by atoms with van der Waals surface area (Å²) in [6.07, 6.45) is 24.7. The van der Waals surface area contributed by atoms with Gasteiger partial charge in [0, 0.05) is 20.4 Å². The first kappa shape index (κ1) is 44.1. The van der Waals surface area contributed by atoms with Crippen molar-refractivity contribution < 1.29 is 97.4 Å². The van der Waals surface area contributed by atoms with Crippen LogP contribution in [0.15, 0.2) is 0 Å². The minimum Gasteiger partial charge on any atom is -0.805 e. The van der Waals surface area contributed by atoms with Crippen molar-refractivity contribution in [3.63, 3.8) is 0 Å². The number of unbranched alkanes of at least 4 members (excludes halogenated alkanes) is 21. The van der Waals surface area contributed by atoms with Crippen LogP contribution in [0.3, 0.4) is 0 Å². The van der Waals surface area contributed by atoms with Gasteiger partial charge in [0.1, 0.15) is 0 Å². The van der Waals surface area contributed by atoms with Gasteiger partial charge < -0.3 is 24.1 Å². The van der Waals surface area contributed by atoms with Crippen LogP contribution in [-0.2, 0) is 18.7 Å². The molecule has 0 spiro atoms. The number of hydrogen-bond acceptors (Lipinski definition) is 6. The van der Waals surface area contributed by atoms with Crippen molar-refractivity contribution in [2.45, 2.75) is 154 Å². The molecule has 0 saturated carbocycles. The average Bonchev–Trinajstić information content (AvgIpc) is 2.80. The molecular formula is C26H50Na2O8P2. The first-order valence-electron chi connectivity index (χ1n) is 14.2. The van der Waals surface area contributed by atoms with Gasteiger partial charge >= 0.3 is 66.7 Å². The molecule has 0 atom stereocenters. The second-order valence-corrected chi connectivity index (χ2v) is 13.2. The standard InChI is InChI=1S/C26H52O8P2.2Na/c27-25(35(29,30)31)23-21-19-17-15-13-11-9-7-5-3-1-2-4-6-8-10-12-14-16-18-20-22-24-26(28)36(32,33)34;;/h1-24H2,(H2,29,30,31)(H2,32,33,34);;/q;2*+1/p-2. The SMILES string of the molecule is O=C(CCCCCCCCCCCCCCCCCCCCCCCCC(=O)P(=O)(O)O)P(=O)([O-])[O-].[Na+].[Na+]. The first-order valence-corrected chi connectivity index (χ1v) is 17.3. The van der Waals surface area contributed by atoms with Crippen LogP contribution in [0.1, 0.15) is 154 Å². The van der Waals surface area contributed by atoms with Crippen molar-refractivity contribution in [1.29, 1.82) is 0 Å². The molecular weight excluding hydrogens is 548 g/mol. The number of carbonyl (C=O) groups is 2. The molecule has 0 saturated heterocycles. The molecule has 0 aliphatic carbocycles. The second-order valence-electron chi connectivity index (χ2n) is 10.1. The van der Waals surface area contributed by atoms with Crippen molar-refractivity contribution in [3.05, 3.63) is 0 Å². The van der Waals surface area contributed by atoms with Gasteiger partial charge in [-0.3, -0.25) is 14.2 Å². The summed E-state index contributed by atoms with van der Waals surface area (Å²) in [5, 5.41) is 0. The van der Waals surface area contributed by atoms with Gasteiger partial charge in [0.05, 0.1) is 0 Å². The van der Waals surface area contributed by atoms with Crippen molar-refractivity contribution in [3.8, 4) is 0 Å². The fraction of sp³-hybridized carbons (Fsp3) is 0.923. The fourth-order valence-corrected chi connectivity index (χ4v) is 5.25. The monoisotopic (exact) mass is 598 g/mol. The molecule has 0 aliphatic heterocycles. The maximum atomic E-state index is 11.1. The molecule has 0 fully saturated rings. The summed E-state index contributed by atoms with van der Waals surface area (Å²) in [5.74, 6) is 0. The molecule has 12 heteroatoms. The third-order valence-electron chi connectivity index (χ3n) is 6.66.